The van der Waals surface area contributed by atoms with Crippen molar-refractivity contribution in [2.75, 3.05) is 6.61 Å². The summed E-state index contributed by atoms with van der Waals surface area (Å²) >= 11 is 0. The fourth-order valence-electron chi connectivity index (χ4n) is 1.47. The normalized spacial score (nSPS) is 25.2. The largest absolute Gasteiger partial charge is 0.463 e. The molecule has 1 fully saturated rings. The Labute approximate surface area is 77.8 Å². The lowest BCUT2D eigenvalue weighted by atomic mass is 10.1. The second-order valence-corrected chi connectivity index (χ2v) is 3.36. The van der Waals surface area contributed by atoms with Gasteiger partial charge in [0.25, 0.3) is 0 Å². The number of rotatable bonds is 2. The van der Waals surface area contributed by atoms with E-state index in [0.29, 0.717) is 30.9 Å². The molecule has 1 atom stereocenters. The molecule has 0 bridgehead atoms. The van der Waals surface area contributed by atoms with Crippen molar-refractivity contribution >= 4 is 11.8 Å². The monoisotopic (exact) mass is 182 g/mol. The Morgan fingerprint density at radius 1 is 1.62 bits per heavy atom. The van der Waals surface area contributed by atoms with E-state index < -0.39 is 5.97 Å². The van der Waals surface area contributed by atoms with Gasteiger partial charge in [0.05, 0.1) is 6.61 Å². The molecule has 3 nitrogen and oxygen atoms in total. The fourth-order valence-corrected chi connectivity index (χ4v) is 1.47. The summed E-state index contributed by atoms with van der Waals surface area (Å²) in [4.78, 5) is 22.2. The zero-order valence-corrected chi connectivity index (χ0v) is 8.00. The lowest BCUT2D eigenvalue weighted by Gasteiger charge is -1.97. The molecule has 13 heavy (non-hydrogen) atoms. The molecule has 0 N–H and O–H groups in total. The van der Waals surface area contributed by atoms with Crippen LogP contribution in [-0.2, 0) is 14.3 Å². The summed E-state index contributed by atoms with van der Waals surface area (Å²) in [7, 11) is 0. The molecule has 0 aromatic rings. The van der Waals surface area contributed by atoms with Crippen LogP contribution in [0.25, 0.3) is 0 Å². The van der Waals surface area contributed by atoms with E-state index in [2.05, 4.69) is 0 Å². The standard InChI is InChI=1S/C10H14O3/c1-3-13-10(12)6-8-4-7(2)5-9(8)11/h6-7H,3-5H2,1-2H3/t7-/m1/s1. The van der Waals surface area contributed by atoms with Gasteiger partial charge in [-0.1, -0.05) is 6.92 Å². The summed E-state index contributed by atoms with van der Waals surface area (Å²) in [6.07, 6.45) is 2.60. The van der Waals surface area contributed by atoms with Gasteiger partial charge in [0.15, 0.2) is 5.78 Å². The van der Waals surface area contributed by atoms with Crippen molar-refractivity contribution in [1.82, 2.24) is 0 Å². The van der Waals surface area contributed by atoms with Crippen molar-refractivity contribution in [3.63, 3.8) is 0 Å². The van der Waals surface area contributed by atoms with Gasteiger partial charge in [-0.15, -0.1) is 0 Å². The number of ether oxygens (including phenoxy) is 1. The Balaban J connectivity index is 2.61. The summed E-state index contributed by atoms with van der Waals surface area (Å²) in [5.41, 5.74) is 0.617. The average molecular weight is 182 g/mol. The number of hydrogen-bond donors (Lipinski definition) is 0. The van der Waals surface area contributed by atoms with Crippen LogP contribution >= 0.6 is 0 Å². The van der Waals surface area contributed by atoms with Gasteiger partial charge < -0.3 is 4.74 Å². The third kappa shape index (κ3) is 2.68. The Hall–Kier alpha value is -1.12. The van der Waals surface area contributed by atoms with Crippen LogP contribution in [0.5, 0.6) is 0 Å². The maximum Gasteiger partial charge on any atom is 0.331 e. The molecule has 0 aromatic heterocycles. The predicted molar refractivity (Wildman–Crippen MR) is 48.1 cm³/mol. The minimum Gasteiger partial charge on any atom is -0.463 e. The van der Waals surface area contributed by atoms with Crippen molar-refractivity contribution in [3.8, 4) is 0 Å². The van der Waals surface area contributed by atoms with E-state index in [1.165, 1.54) is 6.08 Å². The van der Waals surface area contributed by atoms with Gasteiger partial charge in [0, 0.05) is 18.1 Å². The summed E-state index contributed by atoms with van der Waals surface area (Å²) in [5.74, 6) is 0.0497. The number of Topliss-reactive ketones (excluding diaryl/α,β-unsaturated/α-hetero) is 1. The van der Waals surface area contributed by atoms with Crippen molar-refractivity contribution in [3.05, 3.63) is 11.6 Å². The number of esters is 1. The minimum atomic E-state index is -0.403. The summed E-state index contributed by atoms with van der Waals surface area (Å²) in [6.45, 7) is 4.10. The first kappa shape index (κ1) is 9.96. The van der Waals surface area contributed by atoms with Gasteiger partial charge in [0.1, 0.15) is 0 Å². The molecule has 0 aliphatic heterocycles. The smallest absolute Gasteiger partial charge is 0.331 e. The molecule has 0 unspecified atom stereocenters. The third-order valence-electron chi connectivity index (χ3n) is 2.04. The maximum absolute atomic E-state index is 11.2. The van der Waals surface area contributed by atoms with Crippen molar-refractivity contribution < 1.29 is 14.3 Å². The van der Waals surface area contributed by atoms with Gasteiger partial charge in [-0.3, -0.25) is 4.79 Å². The predicted octanol–water partition coefficient (Wildman–Crippen LogP) is 1.47. The van der Waals surface area contributed by atoms with Crippen molar-refractivity contribution in [2.45, 2.75) is 26.7 Å². The number of carbonyl (C=O) groups is 2. The van der Waals surface area contributed by atoms with Crippen LogP contribution in [0.15, 0.2) is 11.6 Å². The van der Waals surface area contributed by atoms with E-state index in [1.54, 1.807) is 6.92 Å². The van der Waals surface area contributed by atoms with Gasteiger partial charge in [-0.05, 0) is 19.3 Å². The van der Waals surface area contributed by atoms with Crippen LogP contribution in [-0.4, -0.2) is 18.4 Å². The molecule has 1 aliphatic carbocycles. The van der Waals surface area contributed by atoms with Crippen LogP contribution in [0.1, 0.15) is 26.7 Å². The first-order valence-electron chi connectivity index (χ1n) is 4.54. The van der Waals surface area contributed by atoms with E-state index in [1.807, 2.05) is 6.92 Å². The lowest BCUT2D eigenvalue weighted by Crippen LogP contribution is -2.03. The molecule has 1 aliphatic rings. The van der Waals surface area contributed by atoms with Crippen LogP contribution in [0, 0.1) is 5.92 Å². The Morgan fingerprint density at radius 3 is 2.77 bits per heavy atom. The first-order valence-corrected chi connectivity index (χ1v) is 4.54. The molecule has 0 aromatic carbocycles. The number of hydrogen-bond acceptors (Lipinski definition) is 3. The van der Waals surface area contributed by atoms with E-state index >= 15 is 0 Å². The van der Waals surface area contributed by atoms with Crippen LogP contribution in [0.3, 0.4) is 0 Å². The van der Waals surface area contributed by atoms with E-state index in [-0.39, 0.29) is 5.78 Å². The van der Waals surface area contributed by atoms with E-state index in [0.717, 1.165) is 0 Å². The van der Waals surface area contributed by atoms with Crippen LogP contribution in [0.4, 0.5) is 0 Å². The zero-order chi connectivity index (χ0) is 9.84. The Kier molecular flexibility index (Phi) is 3.23. The summed E-state index contributed by atoms with van der Waals surface area (Å²) in [5, 5.41) is 0. The Morgan fingerprint density at radius 2 is 2.31 bits per heavy atom. The van der Waals surface area contributed by atoms with Crippen molar-refractivity contribution in [1.29, 1.82) is 0 Å². The molecular formula is C10H14O3. The quantitative estimate of drug-likeness (QED) is 0.480. The first-order chi connectivity index (χ1) is 6.13. The Bertz CT molecular complexity index is 253. The summed E-state index contributed by atoms with van der Waals surface area (Å²) < 4.78 is 4.72. The highest BCUT2D eigenvalue weighted by molar-refractivity contribution is 6.02. The molecular weight excluding hydrogens is 168 g/mol. The molecule has 3 heteroatoms. The molecule has 0 radical (unpaired) electrons. The number of carbonyl (C=O) groups excluding carboxylic acids is 2. The highest BCUT2D eigenvalue weighted by Crippen LogP contribution is 2.26. The molecule has 1 saturated carbocycles. The van der Waals surface area contributed by atoms with Crippen molar-refractivity contribution in [2.24, 2.45) is 5.92 Å². The molecule has 0 spiro atoms. The molecule has 0 heterocycles. The second-order valence-electron chi connectivity index (χ2n) is 3.36. The van der Waals surface area contributed by atoms with Crippen LogP contribution < -0.4 is 0 Å². The third-order valence-corrected chi connectivity index (χ3v) is 2.04. The fraction of sp³-hybridized carbons (Fsp3) is 0.600. The number of allylic oxidation sites excluding steroid dienone is 1. The molecule has 0 saturated heterocycles. The molecule has 72 valence electrons. The topological polar surface area (TPSA) is 43.4 Å². The maximum atomic E-state index is 11.2. The second kappa shape index (κ2) is 4.21. The minimum absolute atomic E-state index is 0.0838. The zero-order valence-electron chi connectivity index (χ0n) is 8.00. The lowest BCUT2D eigenvalue weighted by molar-refractivity contribution is -0.137. The molecule has 0 amide bonds. The number of ketones is 1. The molecule has 1 rings (SSSR count). The summed E-state index contributed by atoms with van der Waals surface area (Å²) in [6, 6.07) is 0. The van der Waals surface area contributed by atoms with Gasteiger partial charge in [-0.2, -0.15) is 0 Å². The van der Waals surface area contributed by atoms with E-state index in [9.17, 15) is 9.59 Å². The highest BCUT2D eigenvalue weighted by atomic mass is 16.5. The SMILES string of the molecule is CCOC(=O)C=C1C[C@@H](C)CC1=O. The average Bonchev–Trinajstić information content (AvgIpc) is 2.30. The van der Waals surface area contributed by atoms with Gasteiger partial charge >= 0.3 is 5.97 Å². The van der Waals surface area contributed by atoms with Crippen LogP contribution in [0.2, 0.25) is 0 Å². The van der Waals surface area contributed by atoms with Gasteiger partial charge in [0.2, 0.25) is 0 Å². The van der Waals surface area contributed by atoms with Gasteiger partial charge in [-0.25, -0.2) is 4.79 Å². The van der Waals surface area contributed by atoms with E-state index in [4.69, 9.17) is 4.74 Å². The highest BCUT2D eigenvalue weighted by Gasteiger charge is 2.24.